The summed E-state index contributed by atoms with van der Waals surface area (Å²) in [7, 11) is 0. The van der Waals surface area contributed by atoms with Gasteiger partial charge in [0.2, 0.25) is 0 Å². The Morgan fingerprint density at radius 3 is 3.00 bits per heavy atom. The van der Waals surface area contributed by atoms with Crippen LogP contribution in [0.15, 0.2) is 23.8 Å². The number of carbonyl (C=O) groups is 1. The SMILES string of the molecule is Cc1ncsc1CNc1ncccc1C(=O)O. The summed E-state index contributed by atoms with van der Waals surface area (Å²) in [6.07, 6.45) is 1.56. The van der Waals surface area contributed by atoms with Crippen LogP contribution < -0.4 is 5.32 Å². The number of aromatic nitrogens is 2. The van der Waals surface area contributed by atoms with E-state index in [1.807, 2.05) is 6.92 Å². The van der Waals surface area contributed by atoms with Crippen LogP contribution in [0.25, 0.3) is 0 Å². The monoisotopic (exact) mass is 249 g/mol. The number of pyridine rings is 1. The van der Waals surface area contributed by atoms with Crippen molar-refractivity contribution in [3.05, 3.63) is 40.0 Å². The Morgan fingerprint density at radius 2 is 2.35 bits per heavy atom. The molecule has 0 bridgehead atoms. The second-order valence-electron chi connectivity index (χ2n) is 3.42. The van der Waals surface area contributed by atoms with Crippen molar-refractivity contribution in [3.8, 4) is 0 Å². The lowest BCUT2D eigenvalue weighted by molar-refractivity contribution is 0.0697. The standard InChI is InChI=1S/C11H11N3O2S/c1-7-9(17-6-14-7)5-13-10-8(11(15)16)3-2-4-12-10/h2-4,6H,5H2,1H3,(H,12,13)(H,15,16). The van der Waals surface area contributed by atoms with Gasteiger partial charge in [0.25, 0.3) is 0 Å². The van der Waals surface area contributed by atoms with Crippen LogP contribution in [0.3, 0.4) is 0 Å². The van der Waals surface area contributed by atoms with Gasteiger partial charge in [0.15, 0.2) is 0 Å². The van der Waals surface area contributed by atoms with Gasteiger partial charge in [-0.05, 0) is 19.1 Å². The van der Waals surface area contributed by atoms with Crippen LogP contribution in [-0.2, 0) is 6.54 Å². The first-order valence-corrected chi connectivity index (χ1v) is 5.87. The summed E-state index contributed by atoms with van der Waals surface area (Å²) in [6.45, 7) is 2.46. The fourth-order valence-electron chi connectivity index (χ4n) is 1.38. The highest BCUT2D eigenvalue weighted by Gasteiger charge is 2.10. The van der Waals surface area contributed by atoms with Crippen molar-refractivity contribution in [2.24, 2.45) is 0 Å². The zero-order valence-electron chi connectivity index (χ0n) is 9.17. The molecule has 0 unspecified atom stereocenters. The van der Waals surface area contributed by atoms with E-state index in [1.165, 1.54) is 17.4 Å². The van der Waals surface area contributed by atoms with Gasteiger partial charge >= 0.3 is 5.97 Å². The minimum absolute atomic E-state index is 0.176. The normalized spacial score (nSPS) is 10.2. The van der Waals surface area contributed by atoms with Gasteiger partial charge in [0.1, 0.15) is 11.4 Å². The van der Waals surface area contributed by atoms with Crippen LogP contribution in [0.1, 0.15) is 20.9 Å². The molecule has 0 radical (unpaired) electrons. The van der Waals surface area contributed by atoms with Crippen molar-refractivity contribution in [2.45, 2.75) is 13.5 Å². The third-order valence-corrected chi connectivity index (χ3v) is 3.23. The van der Waals surface area contributed by atoms with Crippen LogP contribution >= 0.6 is 11.3 Å². The molecule has 2 N–H and O–H groups in total. The average molecular weight is 249 g/mol. The molecule has 0 saturated carbocycles. The number of nitrogens with zero attached hydrogens (tertiary/aromatic N) is 2. The Kier molecular flexibility index (Phi) is 3.34. The highest BCUT2D eigenvalue weighted by Crippen LogP contribution is 2.16. The van der Waals surface area contributed by atoms with Gasteiger partial charge < -0.3 is 10.4 Å². The predicted octanol–water partition coefficient (Wildman–Crippen LogP) is 2.16. The van der Waals surface area contributed by atoms with Crippen molar-refractivity contribution in [1.29, 1.82) is 0 Å². The number of carboxylic acid groups (broad SMARTS) is 1. The fourth-order valence-corrected chi connectivity index (χ4v) is 2.10. The summed E-state index contributed by atoms with van der Waals surface area (Å²) in [6, 6.07) is 3.13. The Labute approximate surface area is 102 Å². The molecule has 2 aromatic rings. The van der Waals surface area contributed by atoms with E-state index < -0.39 is 5.97 Å². The van der Waals surface area contributed by atoms with Gasteiger partial charge in [-0.3, -0.25) is 0 Å². The maximum Gasteiger partial charge on any atom is 0.339 e. The van der Waals surface area contributed by atoms with Crippen molar-refractivity contribution < 1.29 is 9.90 Å². The van der Waals surface area contributed by atoms with Crippen molar-refractivity contribution in [2.75, 3.05) is 5.32 Å². The lowest BCUT2D eigenvalue weighted by Crippen LogP contribution is -2.07. The van der Waals surface area contributed by atoms with E-state index in [4.69, 9.17) is 5.11 Å². The molecule has 0 aliphatic heterocycles. The number of anilines is 1. The number of aromatic carboxylic acids is 1. The Bertz CT molecular complexity index is 539. The van der Waals surface area contributed by atoms with Crippen LogP contribution in [0.4, 0.5) is 5.82 Å². The van der Waals surface area contributed by atoms with Gasteiger partial charge in [-0.25, -0.2) is 14.8 Å². The smallest absolute Gasteiger partial charge is 0.339 e. The predicted molar refractivity (Wildman–Crippen MR) is 65.4 cm³/mol. The third kappa shape index (κ3) is 2.59. The molecule has 2 aromatic heterocycles. The van der Waals surface area contributed by atoms with Gasteiger partial charge in [-0.2, -0.15) is 0 Å². The molecule has 0 atom stereocenters. The van der Waals surface area contributed by atoms with Crippen LogP contribution in [-0.4, -0.2) is 21.0 Å². The van der Waals surface area contributed by atoms with Gasteiger partial charge in [-0.1, -0.05) is 0 Å². The van der Waals surface area contributed by atoms with Crippen molar-refractivity contribution in [3.63, 3.8) is 0 Å². The molecule has 0 spiro atoms. The second-order valence-corrected chi connectivity index (χ2v) is 4.36. The average Bonchev–Trinajstić information content (AvgIpc) is 2.72. The zero-order chi connectivity index (χ0) is 12.3. The lowest BCUT2D eigenvalue weighted by atomic mass is 10.2. The number of thiazole rings is 1. The molecule has 5 nitrogen and oxygen atoms in total. The van der Waals surface area contributed by atoms with Gasteiger partial charge in [0.05, 0.1) is 17.7 Å². The highest BCUT2D eigenvalue weighted by molar-refractivity contribution is 7.09. The summed E-state index contributed by atoms with van der Waals surface area (Å²) in [4.78, 5) is 20.2. The molecule has 0 aliphatic rings. The quantitative estimate of drug-likeness (QED) is 0.868. The maximum atomic E-state index is 11.0. The van der Waals surface area contributed by atoms with E-state index in [0.29, 0.717) is 12.4 Å². The van der Waals surface area contributed by atoms with E-state index in [1.54, 1.807) is 17.8 Å². The van der Waals surface area contributed by atoms with Crippen LogP contribution in [0, 0.1) is 6.92 Å². The largest absolute Gasteiger partial charge is 0.478 e. The van der Waals surface area contributed by atoms with Crippen LogP contribution in [0.5, 0.6) is 0 Å². The molecule has 0 fully saturated rings. The molecule has 0 saturated heterocycles. The number of hydrogen-bond acceptors (Lipinski definition) is 5. The third-order valence-electron chi connectivity index (χ3n) is 2.30. The summed E-state index contributed by atoms with van der Waals surface area (Å²) in [5.74, 6) is -0.602. The number of rotatable bonds is 4. The summed E-state index contributed by atoms with van der Waals surface area (Å²) in [5.41, 5.74) is 2.90. The Balaban J connectivity index is 2.14. The number of hydrogen-bond donors (Lipinski definition) is 2. The summed E-state index contributed by atoms with van der Waals surface area (Å²) >= 11 is 1.53. The molecule has 0 amide bonds. The van der Waals surface area contributed by atoms with Crippen molar-refractivity contribution in [1.82, 2.24) is 9.97 Å². The van der Waals surface area contributed by atoms with Crippen LogP contribution in [0.2, 0.25) is 0 Å². The minimum atomic E-state index is -0.985. The van der Waals surface area contributed by atoms with E-state index >= 15 is 0 Å². The molecule has 0 aromatic carbocycles. The molecule has 17 heavy (non-hydrogen) atoms. The number of nitrogens with one attached hydrogen (secondary N) is 1. The van der Waals surface area contributed by atoms with E-state index in [-0.39, 0.29) is 5.56 Å². The van der Waals surface area contributed by atoms with Gasteiger partial charge in [-0.15, -0.1) is 11.3 Å². The second kappa shape index (κ2) is 4.92. The number of carboxylic acids is 1. The Morgan fingerprint density at radius 1 is 1.53 bits per heavy atom. The summed E-state index contributed by atoms with van der Waals surface area (Å²) in [5, 5.41) is 12.0. The maximum absolute atomic E-state index is 11.0. The fraction of sp³-hybridized carbons (Fsp3) is 0.182. The first-order chi connectivity index (χ1) is 8.18. The molecule has 88 valence electrons. The molecule has 2 heterocycles. The zero-order valence-corrected chi connectivity index (χ0v) is 9.99. The van der Waals surface area contributed by atoms with Gasteiger partial charge in [0, 0.05) is 11.1 Å². The van der Waals surface area contributed by atoms with Crippen molar-refractivity contribution >= 4 is 23.1 Å². The lowest BCUT2D eigenvalue weighted by Gasteiger charge is -2.07. The summed E-state index contributed by atoms with van der Waals surface area (Å²) < 4.78 is 0. The Hall–Kier alpha value is -1.95. The first-order valence-electron chi connectivity index (χ1n) is 4.99. The number of aryl methyl sites for hydroxylation is 1. The minimum Gasteiger partial charge on any atom is -0.478 e. The first kappa shape index (κ1) is 11.5. The molecular formula is C11H11N3O2S. The van der Waals surface area contributed by atoms with E-state index in [0.717, 1.165) is 10.6 Å². The molecular weight excluding hydrogens is 238 g/mol. The van der Waals surface area contributed by atoms with E-state index in [2.05, 4.69) is 15.3 Å². The molecule has 6 heteroatoms. The highest BCUT2D eigenvalue weighted by atomic mass is 32.1. The molecule has 0 aliphatic carbocycles. The molecule has 2 rings (SSSR count). The van der Waals surface area contributed by atoms with E-state index in [9.17, 15) is 4.79 Å². The topological polar surface area (TPSA) is 75.1 Å².